The van der Waals surface area contributed by atoms with Gasteiger partial charge in [0, 0.05) is 11.0 Å². The Labute approximate surface area is 227 Å². The van der Waals surface area contributed by atoms with E-state index in [0.717, 1.165) is 17.1 Å². The molecule has 2 aromatic carbocycles. The van der Waals surface area contributed by atoms with E-state index in [2.05, 4.69) is 44.7 Å². The molecular weight excluding hydrogens is 484 g/mol. The summed E-state index contributed by atoms with van der Waals surface area (Å²) in [5.74, 6) is 1.18. The van der Waals surface area contributed by atoms with Crippen molar-refractivity contribution in [3.05, 3.63) is 83.6 Å². The summed E-state index contributed by atoms with van der Waals surface area (Å²) in [6, 6.07) is 16.3. The van der Waals surface area contributed by atoms with E-state index in [-0.39, 0.29) is 12.0 Å². The molecule has 0 aliphatic heterocycles. The molecule has 0 N–H and O–H groups in total. The van der Waals surface area contributed by atoms with Gasteiger partial charge in [-0.25, -0.2) is 4.79 Å². The normalized spacial score (nSPS) is 11.0. The van der Waals surface area contributed by atoms with Gasteiger partial charge >= 0.3 is 5.97 Å². The zero-order valence-electron chi connectivity index (χ0n) is 23.4. The lowest BCUT2D eigenvalue weighted by Gasteiger charge is -2.26. The predicted octanol–water partition coefficient (Wildman–Crippen LogP) is 5.86. The van der Waals surface area contributed by atoms with E-state index in [1.54, 1.807) is 13.2 Å². The number of ether oxygens (including phenoxy) is 6. The standard InChI is InChI=1S/C31H42O7/c1-24(2)23-35-16-15-33-17-20-36-28-11-7-26(8-12-28)31(5,6)27-9-13-29(14-10-27)37-21-18-34-19-22-38-30(32)25(3)4/h7-14,23H,3,15-22H2,1-2,4-6H3. The Hall–Kier alpha value is -3.29. The number of rotatable bonds is 18. The van der Waals surface area contributed by atoms with E-state index in [0.29, 0.717) is 51.8 Å². The van der Waals surface area contributed by atoms with Crippen LogP contribution in [0.3, 0.4) is 0 Å². The van der Waals surface area contributed by atoms with Crippen LogP contribution in [0, 0.1) is 0 Å². The molecule has 2 rings (SSSR count). The fourth-order valence-corrected chi connectivity index (χ4v) is 3.39. The first kappa shape index (κ1) is 30.9. The molecule has 0 radical (unpaired) electrons. The van der Waals surface area contributed by atoms with E-state index < -0.39 is 5.97 Å². The largest absolute Gasteiger partial charge is 0.499 e. The van der Waals surface area contributed by atoms with Gasteiger partial charge in [0.25, 0.3) is 0 Å². The van der Waals surface area contributed by atoms with Crippen LogP contribution in [0.4, 0.5) is 0 Å². The van der Waals surface area contributed by atoms with Crippen LogP contribution in [0.2, 0.25) is 0 Å². The average Bonchev–Trinajstić information content (AvgIpc) is 2.89. The van der Waals surface area contributed by atoms with Gasteiger partial charge in [-0.05, 0) is 61.7 Å². The van der Waals surface area contributed by atoms with Gasteiger partial charge in [-0.3, -0.25) is 0 Å². The van der Waals surface area contributed by atoms with Crippen molar-refractivity contribution in [2.75, 3.05) is 52.9 Å². The molecule has 2 aromatic rings. The molecule has 0 amide bonds. The lowest BCUT2D eigenvalue weighted by Crippen LogP contribution is -2.19. The summed E-state index contributed by atoms with van der Waals surface area (Å²) in [7, 11) is 0. The summed E-state index contributed by atoms with van der Waals surface area (Å²) in [5.41, 5.74) is 3.68. The second-order valence-corrected chi connectivity index (χ2v) is 9.58. The third-order valence-corrected chi connectivity index (χ3v) is 5.62. The van der Waals surface area contributed by atoms with Gasteiger partial charge in [-0.2, -0.15) is 0 Å². The minimum Gasteiger partial charge on any atom is -0.499 e. The highest BCUT2D eigenvalue weighted by Crippen LogP contribution is 2.33. The Morgan fingerprint density at radius 3 is 1.61 bits per heavy atom. The smallest absolute Gasteiger partial charge is 0.333 e. The molecular formula is C31H42O7. The highest BCUT2D eigenvalue weighted by atomic mass is 16.6. The minimum atomic E-state index is -0.407. The second kappa shape index (κ2) is 16.5. The highest BCUT2D eigenvalue weighted by molar-refractivity contribution is 5.86. The summed E-state index contributed by atoms with van der Waals surface area (Å²) in [6.07, 6.45) is 1.74. The lowest BCUT2D eigenvalue weighted by atomic mass is 9.78. The summed E-state index contributed by atoms with van der Waals surface area (Å²) < 4.78 is 32.8. The lowest BCUT2D eigenvalue weighted by molar-refractivity contribution is -0.140. The van der Waals surface area contributed by atoms with Crippen molar-refractivity contribution in [3.63, 3.8) is 0 Å². The molecule has 38 heavy (non-hydrogen) atoms. The maximum atomic E-state index is 11.3. The highest BCUT2D eigenvalue weighted by Gasteiger charge is 2.23. The number of benzene rings is 2. The average molecular weight is 527 g/mol. The molecule has 0 bridgehead atoms. The van der Waals surface area contributed by atoms with Gasteiger partial charge in [-0.1, -0.05) is 44.7 Å². The van der Waals surface area contributed by atoms with Gasteiger partial charge in [0.05, 0.1) is 32.7 Å². The SMILES string of the molecule is C=C(C)C(=O)OCCOCCOc1ccc(C(C)(C)c2ccc(OCCOCCOC=C(C)C)cc2)cc1. The van der Waals surface area contributed by atoms with Gasteiger partial charge in [0.15, 0.2) is 0 Å². The first-order valence-corrected chi connectivity index (χ1v) is 12.9. The third kappa shape index (κ3) is 11.4. The second-order valence-electron chi connectivity index (χ2n) is 9.58. The molecule has 208 valence electrons. The summed E-state index contributed by atoms with van der Waals surface area (Å²) >= 11 is 0. The molecule has 0 heterocycles. The first-order chi connectivity index (χ1) is 18.2. The number of carbonyl (C=O) groups excluding carboxylic acids is 1. The van der Waals surface area contributed by atoms with Crippen LogP contribution in [0.15, 0.2) is 72.5 Å². The van der Waals surface area contributed by atoms with Gasteiger partial charge in [-0.15, -0.1) is 0 Å². The van der Waals surface area contributed by atoms with Crippen LogP contribution in [-0.4, -0.2) is 58.8 Å². The summed E-state index contributed by atoms with van der Waals surface area (Å²) in [6.45, 7) is 16.9. The molecule has 0 aliphatic carbocycles. The van der Waals surface area contributed by atoms with Crippen LogP contribution >= 0.6 is 0 Å². The quantitative estimate of drug-likeness (QED) is 0.104. The molecule has 0 saturated heterocycles. The number of hydrogen-bond acceptors (Lipinski definition) is 7. The van der Waals surface area contributed by atoms with Crippen LogP contribution in [0.25, 0.3) is 0 Å². The summed E-state index contributed by atoms with van der Waals surface area (Å²) in [4.78, 5) is 11.3. The Bertz CT molecular complexity index is 1000. The van der Waals surface area contributed by atoms with Gasteiger partial charge in [0.1, 0.15) is 37.9 Å². The van der Waals surface area contributed by atoms with Crippen molar-refractivity contribution in [2.24, 2.45) is 0 Å². The number of esters is 1. The molecule has 0 aromatic heterocycles. The number of hydrogen-bond donors (Lipinski definition) is 0. The Kier molecular flexibility index (Phi) is 13.5. The Balaban J connectivity index is 1.70. The van der Waals surface area contributed by atoms with E-state index in [1.807, 2.05) is 38.1 Å². The van der Waals surface area contributed by atoms with Crippen LogP contribution < -0.4 is 9.47 Å². The van der Waals surface area contributed by atoms with Crippen molar-refractivity contribution in [2.45, 2.75) is 40.0 Å². The van der Waals surface area contributed by atoms with Crippen molar-refractivity contribution in [3.8, 4) is 11.5 Å². The van der Waals surface area contributed by atoms with Crippen molar-refractivity contribution < 1.29 is 33.2 Å². The van der Waals surface area contributed by atoms with E-state index in [9.17, 15) is 4.79 Å². The predicted molar refractivity (Wildman–Crippen MR) is 149 cm³/mol. The molecule has 0 unspecified atom stereocenters. The van der Waals surface area contributed by atoms with Crippen molar-refractivity contribution >= 4 is 5.97 Å². The fraction of sp³-hybridized carbons (Fsp3) is 0.452. The van der Waals surface area contributed by atoms with Gasteiger partial charge in [0.2, 0.25) is 0 Å². The monoisotopic (exact) mass is 526 g/mol. The Morgan fingerprint density at radius 2 is 1.16 bits per heavy atom. The zero-order valence-corrected chi connectivity index (χ0v) is 23.4. The molecule has 0 fully saturated rings. The van der Waals surface area contributed by atoms with Crippen molar-refractivity contribution in [1.29, 1.82) is 0 Å². The maximum Gasteiger partial charge on any atom is 0.333 e. The number of allylic oxidation sites excluding steroid dienone is 1. The summed E-state index contributed by atoms with van der Waals surface area (Å²) in [5, 5.41) is 0. The zero-order chi connectivity index (χ0) is 27.8. The number of carbonyl (C=O) groups is 1. The van der Waals surface area contributed by atoms with Crippen LogP contribution in [0.5, 0.6) is 11.5 Å². The molecule has 0 saturated carbocycles. The topological polar surface area (TPSA) is 72.5 Å². The Morgan fingerprint density at radius 1 is 0.711 bits per heavy atom. The molecule has 0 aliphatic rings. The third-order valence-electron chi connectivity index (χ3n) is 5.62. The van der Waals surface area contributed by atoms with Crippen molar-refractivity contribution in [1.82, 2.24) is 0 Å². The minimum absolute atomic E-state index is 0.185. The van der Waals surface area contributed by atoms with E-state index in [4.69, 9.17) is 28.4 Å². The van der Waals surface area contributed by atoms with E-state index in [1.165, 1.54) is 11.1 Å². The molecule has 7 nitrogen and oxygen atoms in total. The molecule has 7 heteroatoms. The van der Waals surface area contributed by atoms with Gasteiger partial charge < -0.3 is 28.4 Å². The van der Waals surface area contributed by atoms with Crippen LogP contribution in [0.1, 0.15) is 45.7 Å². The first-order valence-electron chi connectivity index (χ1n) is 12.9. The van der Waals surface area contributed by atoms with Crippen LogP contribution in [-0.2, 0) is 29.2 Å². The fourth-order valence-electron chi connectivity index (χ4n) is 3.39. The van der Waals surface area contributed by atoms with E-state index >= 15 is 0 Å². The molecule has 0 atom stereocenters. The maximum absolute atomic E-state index is 11.3. The molecule has 0 spiro atoms.